The smallest absolute Gasteiger partial charge is 0.221 e. The van der Waals surface area contributed by atoms with Crippen molar-refractivity contribution >= 4 is 38.9 Å². The van der Waals surface area contributed by atoms with Crippen LogP contribution < -0.4 is 10.7 Å². The Bertz CT molecular complexity index is 1400. The number of nitrogens with one attached hydrogen (secondary N) is 1. The van der Waals surface area contributed by atoms with Gasteiger partial charge in [-0.1, -0.05) is 36.4 Å². The molecular formula is C22H15N3O2. The maximum atomic E-state index is 13.3. The van der Waals surface area contributed by atoms with Gasteiger partial charge in [0.1, 0.15) is 5.52 Å². The minimum atomic E-state index is -0.182. The Hall–Kier alpha value is -3.73. The molecule has 0 radical (unpaired) electrons. The van der Waals surface area contributed by atoms with Crippen molar-refractivity contribution in [3.05, 3.63) is 77.2 Å². The van der Waals surface area contributed by atoms with Gasteiger partial charge in [0.2, 0.25) is 11.3 Å². The molecule has 0 saturated carbocycles. The quantitative estimate of drug-likeness (QED) is 0.520. The fourth-order valence-electron chi connectivity index (χ4n) is 3.77. The van der Waals surface area contributed by atoms with Crippen LogP contribution in [0.2, 0.25) is 0 Å². The number of hydrogen-bond donors (Lipinski definition) is 1. The number of pyridine rings is 2. The Morgan fingerprint density at radius 2 is 1.74 bits per heavy atom. The monoisotopic (exact) mass is 353 g/mol. The summed E-state index contributed by atoms with van der Waals surface area (Å²) in [5.74, 6) is -0.182. The molecule has 27 heavy (non-hydrogen) atoms. The van der Waals surface area contributed by atoms with Crippen LogP contribution in [0.25, 0.3) is 38.4 Å². The van der Waals surface area contributed by atoms with Crippen LogP contribution in [0.5, 0.6) is 0 Å². The van der Waals surface area contributed by atoms with E-state index in [9.17, 15) is 9.59 Å². The molecule has 5 aromatic rings. The fraction of sp³-hybridized carbons (Fsp3) is 0.0455. The van der Waals surface area contributed by atoms with Gasteiger partial charge in [-0.25, -0.2) is 0 Å². The second kappa shape index (κ2) is 5.64. The number of carbonyl (C=O) groups excluding carboxylic acids is 1. The summed E-state index contributed by atoms with van der Waals surface area (Å²) in [7, 11) is 0. The standard InChI is InChI=1S/C22H15N3O2/c1-13(26)24-18-8-4-2-6-14(18)17-12-25-19-9-5-3-7-15(19)16-10-11-23-20(21(16)25)22(17)27/h2-12H,1H3,(H,24,26). The van der Waals surface area contributed by atoms with Crippen LogP contribution in [0.15, 0.2) is 71.8 Å². The molecule has 1 amide bonds. The molecule has 5 nitrogen and oxygen atoms in total. The average Bonchev–Trinajstić information content (AvgIpc) is 3.00. The van der Waals surface area contributed by atoms with Crippen LogP contribution in [0.4, 0.5) is 5.69 Å². The molecule has 0 aliphatic heterocycles. The van der Waals surface area contributed by atoms with Crippen LogP contribution >= 0.6 is 0 Å². The highest BCUT2D eigenvalue weighted by Crippen LogP contribution is 2.33. The van der Waals surface area contributed by atoms with E-state index in [0.29, 0.717) is 22.3 Å². The number of rotatable bonds is 2. The van der Waals surface area contributed by atoms with Crippen molar-refractivity contribution in [2.45, 2.75) is 6.92 Å². The summed E-state index contributed by atoms with van der Waals surface area (Å²) in [6, 6.07) is 17.3. The topological polar surface area (TPSA) is 63.5 Å². The van der Waals surface area contributed by atoms with E-state index in [1.807, 2.05) is 59.1 Å². The molecular weight excluding hydrogens is 338 g/mol. The lowest BCUT2D eigenvalue weighted by Gasteiger charge is -2.11. The summed E-state index contributed by atoms with van der Waals surface area (Å²) in [5.41, 5.74) is 3.92. The van der Waals surface area contributed by atoms with Crippen LogP contribution in [-0.4, -0.2) is 15.3 Å². The number of para-hydroxylation sites is 2. The van der Waals surface area contributed by atoms with Crippen molar-refractivity contribution in [3.8, 4) is 11.1 Å². The summed E-state index contributed by atoms with van der Waals surface area (Å²) in [6.45, 7) is 1.45. The second-order valence-corrected chi connectivity index (χ2v) is 6.54. The molecule has 0 saturated heterocycles. The average molecular weight is 353 g/mol. The van der Waals surface area contributed by atoms with Crippen LogP contribution in [0, 0.1) is 0 Å². The van der Waals surface area contributed by atoms with Crippen molar-refractivity contribution in [1.82, 2.24) is 9.38 Å². The Balaban J connectivity index is 1.94. The van der Waals surface area contributed by atoms with Crippen LogP contribution in [0.1, 0.15) is 6.92 Å². The molecule has 0 fully saturated rings. The normalized spacial score (nSPS) is 11.4. The number of nitrogens with zero attached hydrogens (tertiary/aromatic N) is 2. The lowest BCUT2D eigenvalue weighted by molar-refractivity contribution is -0.114. The van der Waals surface area contributed by atoms with E-state index in [1.54, 1.807) is 12.3 Å². The van der Waals surface area contributed by atoms with E-state index in [0.717, 1.165) is 21.8 Å². The van der Waals surface area contributed by atoms with E-state index in [-0.39, 0.29) is 11.3 Å². The highest BCUT2D eigenvalue weighted by Gasteiger charge is 2.18. The summed E-state index contributed by atoms with van der Waals surface area (Å²) in [5, 5.41) is 4.90. The van der Waals surface area contributed by atoms with Gasteiger partial charge in [0.25, 0.3) is 0 Å². The van der Waals surface area contributed by atoms with Crippen LogP contribution in [-0.2, 0) is 4.79 Å². The SMILES string of the molecule is CC(=O)Nc1ccccc1-c1cn2c3ccccc3c3ccnc(c1=O)c32. The predicted molar refractivity (Wildman–Crippen MR) is 107 cm³/mol. The van der Waals surface area contributed by atoms with Gasteiger partial charge >= 0.3 is 0 Å². The van der Waals surface area contributed by atoms with Gasteiger partial charge in [0, 0.05) is 41.3 Å². The first kappa shape index (κ1) is 15.5. The van der Waals surface area contributed by atoms with Crippen LogP contribution in [0.3, 0.4) is 0 Å². The Morgan fingerprint density at radius 1 is 0.963 bits per heavy atom. The minimum absolute atomic E-state index is 0.145. The number of fused-ring (bicyclic) bond motifs is 3. The minimum Gasteiger partial charge on any atom is -0.326 e. The largest absolute Gasteiger partial charge is 0.326 e. The van der Waals surface area contributed by atoms with Crippen molar-refractivity contribution in [3.63, 3.8) is 0 Å². The van der Waals surface area contributed by atoms with Gasteiger partial charge in [-0.3, -0.25) is 14.6 Å². The van der Waals surface area contributed by atoms with Gasteiger partial charge in [0.15, 0.2) is 0 Å². The van der Waals surface area contributed by atoms with Gasteiger partial charge in [-0.15, -0.1) is 0 Å². The third-order valence-corrected chi connectivity index (χ3v) is 4.86. The first-order valence-electron chi connectivity index (χ1n) is 8.66. The molecule has 0 aliphatic carbocycles. The Labute approximate surface area is 154 Å². The highest BCUT2D eigenvalue weighted by molar-refractivity contribution is 6.13. The third kappa shape index (κ3) is 2.22. The molecule has 5 heteroatoms. The molecule has 1 N–H and O–H groups in total. The number of anilines is 1. The number of hydrogen-bond acceptors (Lipinski definition) is 3. The van der Waals surface area contributed by atoms with Gasteiger partial charge in [0.05, 0.1) is 16.6 Å². The van der Waals surface area contributed by atoms with Crippen molar-refractivity contribution in [1.29, 1.82) is 0 Å². The molecule has 0 atom stereocenters. The zero-order valence-corrected chi connectivity index (χ0v) is 14.6. The molecule has 0 bridgehead atoms. The lowest BCUT2D eigenvalue weighted by Crippen LogP contribution is -2.12. The first-order chi connectivity index (χ1) is 13.1. The third-order valence-electron chi connectivity index (χ3n) is 4.86. The summed E-state index contributed by atoms with van der Waals surface area (Å²) >= 11 is 0. The molecule has 3 heterocycles. The fourth-order valence-corrected chi connectivity index (χ4v) is 3.77. The number of aromatic nitrogens is 2. The van der Waals surface area contributed by atoms with Crippen molar-refractivity contribution in [2.75, 3.05) is 5.32 Å². The summed E-state index contributed by atoms with van der Waals surface area (Å²) in [6.07, 6.45) is 3.53. The molecule has 2 aromatic carbocycles. The number of benzene rings is 2. The molecule has 0 unspecified atom stereocenters. The maximum absolute atomic E-state index is 13.3. The van der Waals surface area contributed by atoms with Gasteiger partial charge in [-0.2, -0.15) is 0 Å². The molecule has 130 valence electrons. The van der Waals surface area contributed by atoms with Gasteiger partial charge in [-0.05, 0) is 18.2 Å². The van der Waals surface area contributed by atoms with Gasteiger partial charge < -0.3 is 9.72 Å². The van der Waals surface area contributed by atoms with Crippen molar-refractivity contribution < 1.29 is 4.79 Å². The van der Waals surface area contributed by atoms with E-state index in [2.05, 4.69) is 10.3 Å². The second-order valence-electron chi connectivity index (χ2n) is 6.54. The maximum Gasteiger partial charge on any atom is 0.221 e. The summed E-state index contributed by atoms with van der Waals surface area (Å²) in [4.78, 5) is 29.2. The predicted octanol–water partition coefficient (Wildman–Crippen LogP) is 4.06. The van der Waals surface area contributed by atoms with E-state index in [4.69, 9.17) is 0 Å². The zero-order valence-electron chi connectivity index (χ0n) is 14.6. The molecule has 3 aromatic heterocycles. The highest BCUT2D eigenvalue weighted by atomic mass is 16.1. The summed E-state index contributed by atoms with van der Waals surface area (Å²) < 4.78 is 2.02. The number of amides is 1. The first-order valence-corrected chi connectivity index (χ1v) is 8.66. The molecule has 0 spiro atoms. The Kier molecular flexibility index (Phi) is 3.24. The Morgan fingerprint density at radius 3 is 2.59 bits per heavy atom. The lowest BCUT2D eigenvalue weighted by atomic mass is 10.0. The molecule has 5 rings (SSSR count). The zero-order chi connectivity index (χ0) is 18.5. The van der Waals surface area contributed by atoms with Crippen molar-refractivity contribution in [2.24, 2.45) is 0 Å². The molecule has 0 aliphatic rings. The number of carbonyl (C=O) groups is 1. The van der Waals surface area contributed by atoms with E-state index >= 15 is 0 Å². The van der Waals surface area contributed by atoms with E-state index in [1.165, 1.54) is 6.92 Å². The van der Waals surface area contributed by atoms with E-state index < -0.39 is 0 Å².